The van der Waals surface area contributed by atoms with Crippen molar-refractivity contribution in [1.29, 1.82) is 0 Å². The third kappa shape index (κ3) is 5.44. The van der Waals surface area contributed by atoms with Crippen LogP contribution in [0.5, 0.6) is 0 Å². The molecule has 1 N–H and O–H groups in total. The van der Waals surface area contributed by atoms with E-state index in [1.807, 2.05) is 0 Å². The molecule has 2 heteroatoms. The van der Waals surface area contributed by atoms with Crippen molar-refractivity contribution >= 4 is 0 Å². The van der Waals surface area contributed by atoms with Crippen molar-refractivity contribution < 1.29 is 0 Å². The van der Waals surface area contributed by atoms with Gasteiger partial charge in [0.2, 0.25) is 0 Å². The largest absolute Gasteiger partial charge is 0.316 e. The highest BCUT2D eigenvalue weighted by Crippen LogP contribution is 2.28. The standard InChI is InChI=1S/C19H32N2/c1-4-12-20-14-16(3)18-8-6-17(7-9-18)15-21(13-5-2)19-10-11-19/h6-9,16,19-20H,4-5,10-15H2,1-3H3. The van der Waals surface area contributed by atoms with Gasteiger partial charge in [0.1, 0.15) is 0 Å². The fourth-order valence-corrected chi connectivity index (χ4v) is 2.92. The van der Waals surface area contributed by atoms with Crippen molar-refractivity contribution in [2.75, 3.05) is 19.6 Å². The summed E-state index contributed by atoms with van der Waals surface area (Å²) >= 11 is 0. The highest BCUT2D eigenvalue weighted by molar-refractivity contribution is 5.25. The molecule has 118 valence electrons. The smallest absolute Gasteiger partial charge is 0.0236 e. The predicted molar refractivity (Wildman–Crippen MR) is 91.7 cm³/mol. The lowest BCUT2D eigenvalue weighted by Gasteiger charge is -2.21. The first kappa shape index (κ1) is 16.5. The van der Waals surface area contributed by atoms with E-state index in [9.17, 15) is 0 Å². The van der Waals surface area contributed by atoms with Gasteiger partial charge >= 0.3 is 0 Å². The maximum absolute atomic E-state index is 3.51. The number of nitrogens with one attached hydrogen (secondary N) is 1. The molecule has 1 fully saturated rings. The van der Waals surface area contributed by atoms with Gasteiger partial charge in [0.05, 0.1) is 0 Å². The van der Waals surface area contributed by atoms with E-state index in [0.717, 1.165) is 25.7 Å². The molecular formula is C19H32N2. The molecule has 1 aromatic rings. The van der Waals surface area contributed by atoms with Crippen LogP contribution in [0.2, 0.25) is 0 Å². The molecule has 0 heterocycles. The fraction of sp³-hybridized carbons (Fsp3) is 0.684. The molecule has 1 saturated carbocycles. The van der Waals surface area contributed by atoms with Gasteiger partial charge in [-0.1, -0.05) is 45.0 Å². The molecule has 1 aliphatic rings. The Morgan fingerprint density at radius 1 is 1.14 bits per heavy atom. The Kier molecular flexibility index (Phi) is 6.72. The first-order valence-corrected chi connectivity index (χ1v) is 8.78. The van der Waals surface area contributed by atoms with Crippen LogP contribution >= 0.6 is 0 Å². The van der Waals surface area contributed by atoms with Crippen LogP contribution in [0.3, 0.4) is 0 Å². The van der Waals surface area contributed by atoms with E-state index in [-0.39, 0.29) is 0 Å². The highest BCUT2D eigenvalue weighted by atomic mass is 15.2. The Balaban J connectivity index is 1.85. The van der Waals surface area contributed by atoms with E-state index in [2.05, 4.69) is 55.3 Å². The van der Waals surface area contributed by atoms with Crippen LogP contribution in [-0.2, 0) is 6.54 Å². The maximum atomic E-state index is 3.51. The molecule has 0 aromatic heterocycles. The monoisotopic (exact) mass is 288 g/mol. The second kappa shape index (κ2) is 8.55. The van der Waals surface area contributed by atoms with Crippen molar-refractivity contribution in [3.63, 3.8) is 0 Å². The van der Waals surface area contributed by atoms with Crippen molar-refractivity contribution in [3.05, 3.63) is 35.4 Å². The number of nitrogens with zero attached hydrogens (tertiary/aromatic N) is 1. The Hall–Kier alpha value is -0.860. The summed E-state index contributed by atoms with van der Waals surface area (Å²) in [7, 11) is 0. The van der Waals surface area contributed by atoms with Crippen LogP contribution in [0.4, 0.5) is 0 Å². The molecule has 1 atom stereocenters. The van der Waals surface area contributed by atoms with Gasteiger partial charge in [-0.05, 0) is 55.8 Å². The number of hydrogen-bond donors (Lipinski definition) is 1. The molecule has 1 aliphatic carbocycles. The molecule has 0 amide bonds. The van der Waals surface area contributed by atoms with Crippen LogP contribution in [0.1, 0.15) is 63.5 Å². The Morgan fingerprint density at radius 2 is 1.86 bits per heavy atom. The molecule has 0 aliphatic heterocycles. The van der Waals surface area contributed by atoms with E-state index in [1.165, 1.54) is 43.4 Å². The summed E-state index contributed by atoms with van der Waals surface area (Å²) in [6.45, 7) is 11.4. The van der Waals surface area contributed by atoms with Crippen LogP contribution in [0.25, 0.3) is 0 Å². The van der Waals surface area contributed by atoms with Crippen LogP contribution in [-0.4, -0.2) is 30.6 Å². The SMILES string of the molecule is CCCNCC(C)c1ccc(CN(CCC)C2CC2)cc1. The molecule has 1 aromatic carbocycles. The quantitative estimate of drug-likeness (QED) is 0.650. The van der Waals surface area contributed by atoms with E-state index in [0.29, 0.717) is 5.92 Å². The first-order chi connectivity index (χ1) is 10.2. The maximum Gasteiger partial charge on any atom is 0.0236 e. The summed E-state index contributed by atoms with van der Waals surface area (Å²) in [6, 6.07) is 10.2. The Bertz CT molecular complexity index is 395. The van der Waals surface area contributed by atoms with Gasteiger partial charge in [-0.2, -0.15) is 0 Å². The third-order valence-corrected chi connectivity index (χ3v) is 4.39. The zero-order valence-corrected chi connectivity index (χ0v) is 14.1. The predicted octanol–water partition coefficient (Wildman–Crippen LogP) is 4.16. The number of hydrogen-bond acceptors (Lipinski definition) is 2. The minimum Gasteiger partial charge on any atom is -0.316 e. The summed E-state index contributed by atoms with van der Waals surface area (Å²) in [5.74, 6) is 0.598. The molecular weight excluding hydrogens is 256 g/mol. The van der Waals surface area contributed by atoms with E-state index < -0.39 is 0 Å². The van der Waals surface area contributed by atoms with Crippen molar-refractivity contribution in [2.24, 2.45) is 0 Å². The van der Waals surface area contributed by atoms with E-state index in [1.54, 1.807) is 0 Å². The lowest BCUT2D eigenvalue weighted by molar-refractivity contribution is 0.255. The van der Waals surface area contributed by atoms with Gasteiger partial charge in [-0.3, -0.25) is 4.90 Å². The summed E-state index contributed by atoms with van der Waals surface area (Å²) in [5.41, 5.74) is 2.92. The van der Waals surface area contributed by atoms with Gasteiger partial charge in [-0.25, -0.2) is 0 Å². The molecule has 0 bridgehead atoms. The zero-order chi connectivity index (χ0) is 15.1. The van der Waals surface area contributed by atoms with E-state index >= 15 is 0 Å². The van der Waals surface area contributed by atoms with Gasteiger partial charge in [0.25, 0.3) is 0 Å². The molecule has 1 unspecified atom stereocenters. The lowest BCUT2D eigenvalue weighted by atomic mass is 9.99. The summed E-state index contributed by atoms with van der Waals surface area (Å²) in [4.78, 5) is 2.65. The molecule has 0 radical (unpaired) electrons. The molecule has 2 rings (SSSR count). The highest BCUT2D eigenvalue weighted by Gasteiger charge is 2.28. The van der Waals surface area contributed by atoms with E-state index in [4.69, 9.17) is 0 Å². The van der Waals surface area contributed by atoms with Crippen molar-refractivity contribution in [2.45, 2.75) is 65.0 Å². The normalized spacial score (nSPS) is 16.4. The molecule has 2 nitrogen and oxygen atoms in total. The van der Waals surface area contributed by atoms with Crippen molar-refractivity contribution in [1.82, 2.24) is 10.2 Å². The van der Waals surface area contributed by atoms with Crippen LogP contribution in [0, 0.1) is 0 Å². The molecule has 21 heavy (non-hydrogen) atoms. The molecule has 0 saturated heterocycles. The fourth-order valence-electron chi connectivity index (χ4n) is 2.92. The van der Waals surface area contributed by atoms with Crippen LogP contribution in [0.15, 0.2) is 24.3 Å². The first-order valence-electron chi connectivity index (χ1n) is 8.78. The Labute approximate surface area is 130 Å². The second-order valence-electron chi connectivity index (χ2n) is 6.55. The summed E-state index contributed by atoms with van der Waals surface area (Å²) in [6.07, 6.45) is 5.27. The Morgan fingerprint density at radius 3 is 2.43 bits per heavy atom. The minimum absolute atomic E-state index is 0.598. The summed E-state index contributed by atoms with van der Waals surface area (Å²) < 4.78 is 0. The topological polar surface area (TPSA) is 15.3 Å². The van der Waals surface area contributed by atoms with Crippen LogP contribution < -0.4 is 5.32 Å². The third-order valence-electron chi connectivity index (χ3n) is 4.39. The van der Waals surface area contributed by atoms with Gasteiger partial charge in [0, 0.05) is 19.1 Å². The number of rotatable bonds is 10. The average Bonchev–Trinajstić information content (AvgIpc) is 3.32. The zero-order valence-electron chi connectivity index (χ0n) is 14.1. The van der Waals surface area contributed by atoms with Gasteiger partial charge in [0.15, 0.2) is 0 Å². The minimum atomic E-state index is 0.598. The van der Waals surface area contributed by atoms with Gasteiger partial charge < -0.3 is 5.32 Å². The number of benzene rings is 1. The average molecular weight is 288 g/mol. The summed E-state index contributed by atoms with van der Waals surface area (Å²) in [5, 5.41) is 3.51. The lowest BCUT2D eigenvalue weighted by Crippen LogP contribution is -2.26. The van der Waals surface area contributed by atoms with Crippen molar-refractivity contribution in [3.8, 4) is 0 Å². The second-order valence-corrected chi connectivity index (χ2v) is 6.55. The van der Waals surface area contributed by atoms with Gasteiger partial charge in [-0.15, -0.1) is 0 Å². The molecule has 0 spiro atoms.